The smallest absolute Gasteiger partial charge is 0.416 e. The lowest BCUT2D eigenvalue weighted by molar-refractivity contribution is -0.384. The molecule has 8 nitrogen and oxygen atoms in total. The largest absolute Gasteiger partial charge is 0.495 e. The van der Waals surface area contributed by atoms with Crippen LogP contribution in [0, 0.1) is 27.4 Å². The molecule has 1 aliphatic rings. The Kier molecular flexibility index (Phi) is 6.53. The molecule has 1 saturated heterocycles. The van der Waals surface area contributed by atoms with E-state index in [9.17, 15) is 28.1 Å². The summed E-state index contributed by atoms with van der Waals surface area (Å²) in [7, 11) is 1.44. The van der Waals surface area contributed by atoms with Gasteiger partial charge in [-0.15, -0.1) is 0 Å². The number of nitrogens with zero attached hydrogens (tertiary/aromatic N) is 3. The third kappa shape index (κ3) is 4.91. The normalized spacial score (nSPS) is 14.5. The molecule has 3 rings (SSSR count). The first-order valence-corrected chi connectivity index (χ1v) is 9.63. The second-order valence-corrected chi connectivity index (χ2v) is 7.24. The zero-order valence-electron chi connectivity index (χ0n) is 17.0. The lowest BCUT2D eigenvalue weighted by Gasteiger charge is -2.32. The Hall–Kier alpha value is -3.81. The average Bonchev–Trinajstić information content (AvgIpc) is 2.78. The molecule has 32 heavy (non-hydrogen) atoms. The summed E-state index contributed by atoms with van der Waals surface area (Å²) in [6, 6.07) is 9.05. The molecule has 1 aliphatic heterocycles. The standard InChI is InChI=1S/C21H19F3N4O4/c1-32-19-5-2-13(12-25)10-16(19)26-20(29)14-6-8-27(9-7-14)17-4-3-15(21(22,23)24)11-18(17)28(30)31/h2-5,10-11,14H,6-9H2,1H3,(H,26,29). The number of nitro benzene ring substituents is 1. The number of hydrogen-bond acceptors (Lipinski definition) is 6. The van der Waals surface area contributed by atoms with Gasteiger partial charge in [0.25, 0.3) is 5.69 Å². The van der Waals surface area contributed by atoms with Crippen molar-refractivity contribution in [3.05, 3.63) is 57.6 Å². The summed E-state index contributed by atoms with van der Waals surface area (Å²) < 4.78 is 44.0. The number of alkyl halides is 3. The number of piperidine rings is 1. The maximum absolute atomic E-state index is 12.9. The molecule has 1 amide bonds. The fourth-order valence-corrected chi connectivity index (χ4v) is 3.61. The molecule has 0 radical (unpaired) electrons. The average molecular weight is 448 g/mol. The Bertz CT molecular complexity index is 1070. The Morgan fingerprint density at radius 2 is 1.94 bits per heavy atom. The molecule has 1 heterocycles. The van der Waals surface area contributed by atoms with Crippen molar-refractivity contribution >= 4 is 23.0 Å². The van der Waals surface area contributed by atoms with Gasteiger partial charge in [0.05, 0.1) is 34.9 Å². The van der Waals surface area contributed by atoms with Gasteiger partial charge in [-0.3, -0.25) is 14.9 Å². The fourth-order valence-electron chi connectivity index (χ4n) is 3.61. The van der Waals surface area contributed by atoms with E-state index in [1.165, 1.54) is 13.2 Å². The van der Waals surface area contributed by atoms with Gasteiger partial charge in [-0.2, -0.15) is 18.4 Å². The number of nitrogens with one attached hydrogen (secondary N) is 1. The number of carbonyl (C=O) groups excluding carboxylic acids is 1. The first kappa shape index (κ1) is 22.9. The van der Waals surface area contributed by atoms with Crippen molar-refractivity contribution in [2.45, 2.75) is 19.0 Å². The van der Waals surface area contributed by atoms with Crippen LogP contribution >= 0.6 is 0 Å². The first-order valence-electron chi connectivity index (χ1n) is 9.63. The number of benzene rings is 2. The summed E-state index contributed by atoms with van der Waals surface area (Å²) in [5.74, 6) is -0.301. The zero-order chi connectivity index (χ0) is 23.5. The third-order valence-electron chi connectivity index (χ3n) is 5.29. The predicted octanol–water partition coefficient (Wildman–Crippen LogP) is 4.35. The number of hydrogen-bond donors (Lipinski definition) is 1. The summed E-state index contributed by atoms with van der Waals surface area (Å²) in [5.41, 5.74) is -0.912. The SMILES string of the molecule is COc1ccc(C#N)cc1NC(=O)C1CCN(c2ccc(C(F)(F)F)cc2[N+](=O)[O-])CC1. The Balaban J connectivity index is 1.71. The van der Waals surface area contributed by atoms with Gasteiger partial charge in [0.1, 0.15) is 11.4 Å². The summed E-state index contributed by atoms with van der Waals surface area (Å²) in [4.78, 5) is 24.8. The molecule has 1 fully saturated rings. The molecule has 0 spiro atoms. The number of anilines is 2. The molecular formula is C21H19F3N4O4. The molecule has 0 unspecified atom stereocenters. The van der Waals surface area contributed by atoms with Crippen LogP contribution in [0.3, 0.4) is 0 Å². The van der Waals surface area contributed by atoms with E-state index in [-0.39, 0.29) is 24.7 Å². The van der Waals surface area contributed by atoms with E-state index < -0.39 is 28.3 Å². The lowest BCUT2D eigenvalue weighted by atomic mass is 9.95. The van der Waals surface area contributed by atoms with Gasteiger partial charge in [-0.1, -0.05) is 0 Å². The van der Waals surface area contributed by atoms with Crippen LogP contribution in [-0.4, -0.2) is 31.0 Å². The van der Waals surface area contributed by atoms with Crippen LogP contribution in [0.25, 0.3) is 0 Å². The van der Waals surface area contributed by atoms with Crippen LogP contribution in [-0.2, 0) is 11.0 Å². The summed E-state index contributed by atoms with van der Waals surface area (Å²) in [6.07, 6.45) is -3.98. The number of halogens is 3. The summed E-state index contributed by atoms with van der Waals surface area (Å²) >= 11 is 0. The van der Waals surface area contributed by atoms with E-state index in [2.05, 4.69) is 5.32 Å². The highest BCUT2D eigenvalue weighted by molar-refractivity contribution is 5.94. The number of amides is 1. The lowest BCUT2D eigenvalue weighted by Crippen LogP contribution is -2.38. The van der Waals surface area contributed by atoms with Crippen molar-refractivity contribution in [1.82, 2.24) is 0 Å². The monoisotopic (exact) mass is 448 g/mol. The van der Waals surface area contributed by atoms with Gasteiger partial charge in [0.2, 0.25) is 5.91 Å². The molecular weight excluding hydrogens is 429 g/mol. The highest BCUT2D eigenvalue weighted by Crippen LogP contribution is 2.38. The van der Waals surface area contributed by atoms with Crippen molar-refractivity contribution in [1.29, 1.82) is 5.26 Å². The minimum absolute atomic E-state index is 0.0882. The van der Waals surface area contributed by atoms with Gasteiger partial charge in [0, 0.05) is 25.1 Å². The minimum Gasteiger partial charge on any atom is -0.495 e. The number of rotatable bonds is 5. The zero-order valence-corrected chi connectivity index (χ0v) is 17.0. The van der Waals surface area contributed by atoms with Crippen LogP contribution in [0.1, 0.15) is 24.0 Å². The fraction of sp³-hybridized carbons (Fsp3) is 0.333. The van der Waals surface area contributed by atoms with Crippen LogP contribution in [0.2, 0.25) is 0 Å². The van der Waals surface area contributed by atoms with Crippen LogP contribution in [0.5, 0.6) is 5.75 Å². The predicted molar refractivity (Wildman–Crippen MR) is 109 cm³/mol. The van der Waals surface area contributed by atoms with Gasteiger partial charge < -0.3 is 15.0 Å². The number of nitriles is 1. The van der Waals surface area contributed by atoms with Crippen LogP contribution in [0.4, 0.5) is 30.2 Å². The van der Waals surface area contributed by atoms with Gasteiger partial charge in [-0.25, -0.2) is 0 Å². The van der Waals surface area contributed by atoms with E-state index in [0.29, 0.717) is 35.9 Å². The molecule has 1 N–H and O–H groups in total. The second kappa shape index (κ2) is 9.13. The van der Waals surface area contributed by atoms with E-state index in [4.69, 9.17) is 10.00 Å². The maximum atomic E-state index is 12.9. The van der Waals surface area contributed by atoms with E-state index >= 15 is 0 Å². The molecule has 2 aromatic carbocycles. The highest BCUT2D eigenvalue weighted by Gasteiger charge is 2.35. The Morgan fingerprint density at radius 1 is 1.25 bits per heavy atom. The molecule has 168 valence electrons. The van der Waals surface area contributed by atoms with E-state index in [1.54, 1.807) is 17.0 Å². The topological polar surface area (TPSA) is 108 Å². The highest BCUT2D eigenvalue weighted by atomic mass is 19.4. The van der Waals surface area contributed by atoms with Crippen molar-refractivity contribution in [3.63, 3.8) is 0 Å². The van der Waals surface area contributed by atoms with Crippen molar-refractivity contribution in [2.75, 3.05) is 30.4 Å². The van der Waals surface area contributed by atoms with E-state index in [1.807, 2.05) is 6.07 Å². The van der Waals surface area contributed by atoms with Crippen molar-refractivity contribution < 1.29 is 27.6 Å². The van der Waals surface area contributed by atoms with Crippen molar-refractivity contribution in [2.24, 2.45) is 5.92 Å². The van der Waals surface area contributed by atoms with Gasteiger partial charge >= 0.3 is 6.18 Å². The van der Waals surface area contributed by atoms with Crippen molar-refractivity contribution in [3.8, 4) is 11.8 Å². The minimum atomic E-state index is -4.68. The molecule has 11 heteroatoms. The van der Waals surface area contributed by atoms with E-state index in [0.717, 1.165) is 12.1 Å². The summed E-state index contributed by atoms with van der Waals surface area (Å²) in [6.45, 7) is 0.527. The number of ether oxygens (including phenoxy) is 1. The molecule has 2 aromatic rings. The Labute approximate surface area is 181 Å². The number of carbonyl (C=O) groups is 1. The van der Waals surface area contributed by atoms with Crippen LogP contribution < -0.4 is 15.0 Å². The molecule has 0 bridgehead atoms. The third-order valence-corrected chi connectivity index (χ3v) is 5.29. The number of nitro groups is 1. The van der Waals surface area contributed by atoms with Gasteiger partial charge in [-0.05, 0) is 43.2 Å². The molecule has 0 atom stereocenters. The molecule has 0 saturated carbocycles. The maximum Gasteiger partial charge on any atom is 0.416 e. The first-order chi connectivity index (χ1) is 15.1. The molecule has 0 aliphatic carbocycles. The van der Waals surface area contributed by atoms with Crippen LogP contribution in [0.15, 0.2) is 36.4 Å². The summed E-state index contributed by atoms with van der Waals surface area (Å²) in [5, 5.41) is 23.1. The second-order valence-electron chi connectivity index (χ2n) is 7.24. The quantitative estimate of drug-likeness (QED) is 0.538. The van der Waals surface area contributed by atoms with Gasteiger partial charge in [0.15, 0.2) is 0 Å². The molecule has 0 aromatic heterocycles. The Morgan fingerprint density at radius 3 is 2.50 bits per heavy atom. The number of methoxy groups -OCH3 is 1.